The fourth-order valence-electron chi connectivity index (χ4n) is 3.60. The number of hydrogen-bond acceptors (Lipinski definition) is 5. The Balaban J connectivity index is 1.62. The van der Waals surface area contributed by atoms with E-state index >= 15 is 0 Å². The Labute approximate surface area is 169 Å². The van der Waals surface area contributed by atoms with Crippen molar-refractivity contribution in [2.45, 2.75) is 31.7 Å². The number of benzene rings is 2. The van der Waals surface area contributed by atoms with Gasteiger partial charge in [0.15, 0.2) is 15.0 Å². The molecule has 0 spiro atoms. The largest absolute Gasteiger partial charge is 0.315 e. The van der Waals surface area contributed by atoms with E-state index in [1.807, 2.05) is 24.3 Å². The Morgan fingerprint density at radius 1 is 1.15 bits per heavy atom. The molecule has 0 amide bonds. The van der Waals surface area contributed by atoms with E-state index in [0.717, 1.165) is 16.6 Å². The van der Waals surface area contributed by atoms with Crippen LogP contribution in [0.15, 0.2) is 47.5 Å². The number of anilines is 1. The van der Waals surface area contributed by atoms with Gasteiger partial charge in [-0.1, -0.05) is 47.6 Å². The summed E-state index contributed by atoms with van der Waals surface area (Å²) in [5, 5.41) is 1.51. The molecule has 1 saturated heterocycles. The number of hydrogen-bond donors (Lipinski definition) is 0. The summed E-state index contributed by atoms with van der Waals surface area (Å²) in [7, 11) is -3.05. The Bertz CT molecular complexity index is 1020. The lowest BCUT2D eigenvalue weighted by atomic mass is 10.1. The molecule has 142 valence electrons. The molecule has 2 aromatic rings. The summed E-state index contributed by atoms with van der Waals surface area (Å²) in [6.45, 7) is 4.22. The second-order valence-electron chi connectivity index (χ2n) is 7.18. The van der Waals surface area contributed by atoms with Gasteiger partial charge in [-0.05, 0) is 48.7 Å². The number of aryl methyl sites for hydroxylation is 2. The first-order valence-corrected chi connectivity index (χ1v) is 12.0. The first kappa shape index (κ1) is 18.8. The molecule has 27 heavy (non-hydrogen) atoms. The maximum absolute atomic E-state index is 12.1. The highest BCUT2D eigenvalue weighted by molar-refractivity contribution is 8.13. The maximum atomic E-state index is 12.1. The normalized spacial score (nSPS) is 23.4. The summed E-state index contributed by atoms with van der Waals surface area (Å²) in [5.74, 6) is 1.06. The fraction of sp³-hybridized carbons (Fsp3) is 0.350. The van der Waals surface area contributed by atoms with Crippen molar-refractivity contribution < 1.29 is 8.42 Å². The highest BCUT2D eigenvalue weighted by Gasteiger charge is 2.47. The van der Waals surface area contributed by atoms with Gasteiger partial charge in [0.2, 0.25) is 0 Å². The van der Waals surface area contributed by atoms with Gasteiger partial charge in [0.25, 0.3) is 0 Å². The molecule has 0 N–H and O–H groups in total. The topological polar surface area (TPSA) is 49.7 Å². The van der Waals surface area contributed by atoms with Crippen LogP contribution in [0.2, 0.25) is 5.02 Å². The second kappa shape index (κ2) is 7.15. The molecule has 0 aliphatic carbocycles. The molecular formula is C20H21ClN2O2S2. The molecule has 2 heterocycles. The molecule has 2 aliphatic heterocycles. The smallest absolute Gasteiger partial charge is 0.164 e. The monoisotopic (exact) mass is 420 g/mol. The van der Waals surface area contributed by atoms with Crippen molar-refractivity contribution in [3.63, 3.8) is 0 Å². The minimum atomic E-state index is -3.05. The molecule has 0 bridgehead atoms. The summed E-state index contributed by atoms with van der Waals surface area (Å²) in [6.07, 6.45) is 0. The van der Waals surface area contributed by atoms with Gasteiger partial charge in [-0.25, -0.2) is 8.42 Å². The Morgan fingerprint density at radius 3 is 2.70 bits per heavy atom. The van der Waals surface area contributed by atoms with Crippen LogP contribution < -0.4 is 4.90 Å². The van der Waals surface area contributed by atoms with Gasteiger partial charge in [0, 0.05) is 16.5 Å². The van der Waals surface area contributed by atoms with Crippen molar-refractivity contribution in [3.05, 3.63) is 64.2 Å². The molecular weight excluding hydrogens is 400 g/mol. The first-order chi connectivity index (χ1) is 12.8. The Kier molecular flexibility index (Phi) is 4.99. The number of amidine groups is 1. The zero-order chi connectivity index (χ0) is 19.2. The van der Waals surface area contributed by atoms with Crippen LogP contribution in [0.5, 0.6) is 0 Å². The van der Waals surface area contributed by atoms with Gasteiger partial charge in [-0.15, -0.1) is 0 Å². The third-order valence-corrected chi connectivity index (χ3v) is 8.11. The maximum Gasteiger partial charge on any atom is 0.164 e. The number of halogens is 1. The van der Waals surface area contributed by atoms with Gasteiger partial charge in [0.05, 0.1) is 23.6 Å². The van der Waals surface area contributed by atoms with E-state index in [1.165, 1.54) is 16.7 Å². The Hall–Kier alpha value is -1.50. The van der Waals surface area contributed by atoms with E-state index in [0.29, 0.717) is 5.02 Å². The highest BCUT2D eigenvalue weighted by Crippen LogP contribution is 2.36. The van der Waals surface area contributed by atoms with Gasteiger partial charge in [-0.3, -0.25) is 4.99 Å². The molecule has 4 rings (SSSR count). The van der Waals surface area contributed by atoms with E-state index in [1.54, 1.807) is 11.8 Å². The molecule has 1 fully saturated rings. The van der Waals surface area contributed by atoms with Gasteiger partial charge in [0.1, 0.15) is 0 Å². The predicted octanol–water partition coefficient (Wildman–Crippen LogP) is 4.23. The van der Waals surface area contributed by atoms with Crippen LogP contribution in [0.3, 0.4) is 0 Å². The van der Waals surface area contributed by atoms with Gasteiger partial charge in [-0.2, -0.15) is 0 Å². The summed E-state index contributed by atoms with van der Waals surface area (Å²) < 4.78 is 24.2. The van der Waals surface area contributed by atoms with Crippen LogP contribution in [0.4, 0.5) is 5.69 Å². The summed E-state index contributed by atoms with van der Waals surface area (Å²) in [5.41, 5.74) is 4.69. The van der Waals surface area contributed by atoms with Gasteiger partial charge >= 0.3 is 0 Å². The summed E-state index contributed by atoms with van der Waals surface area (Å²) >= 11 is 7.84. The van der Waals surface area contributed by atoms with Crippen molar-refractivity contribution >= 4 is 44.1 Å². The highest BCUT2D eigenvalue weighted by atomic mass is 35.5. The number of fused-ring (bicyclic) bond motifs is 1. The lowest BCUT2D eigenvalue weighted by Crippen LogP contribution is -2.39. The first-order valence-electron chi connectivity index (χ1n) is 8.84. The van der Waals surface area contributed by atoms with Crippen molar-refractivity contribution in [2.24, 2.45) is 4.99 Å². The predicted molar refractivity (Wildman–Crippen MR) is 115 cm³/mol. The number of rotatable bonds is 3. The molecule has 0 saturated carbocycles. The third kappa shape index (κ3) is 3.89. The molecule has 2 atom stereocenters. The van der Waals surface area contributed by atoms with Crippen LogP contribution in [0, 0.1) is 13.8 Å². The zero-order valence-corrected chi connectivity index (χ0v) is 17.6. The Morgan fingerprint density at radius 2 is 1.96 bits per heavy atom. The van der Waals surface area contributed by atoms with E-state index in [-0.39, 0.29) is 23.6 Å². The van der Waals surface area contributed by atoms with E-state index in [4.69, 9.17) is 16.6 Å². The van der Waals surface area contributed by atoms with E-state index in [2.05, 4.69) is 36.9 Å². The summed E-state index contributed by atoms with van der Waals surface area (Å²) in [4.78, 5) is 6.83. The minimum absolute atomic E-state index is 0.127. The van der Waals surface area contributed by atoms with Crippen LogP contribution in [0.25, 0.3) is 0 Å². The van der Waals surface area contributed by atoms with Crippen LogP contribution >= 0.6 is 23.4 Å². The van der Waals surface area contributed by atoms with Crippen molar-refractivity contribution in [1.82, 2.24) is 0 Å². The molecule has 7 heteroatoms. The third-order valence-electron chi connectivity index (χ3n) is 5.13. The van der Waals surface area contributed by atoms with E-state index in [9.17, 15) is 8.42 Å². The van der Waals surface area contributed by atoms with Crippen molar-refractivity contribution in [3.8, 4) is 0 Å². The number of thioether (sulfide) groups is 1. The van der Waals surface area contributed by atoms with Crippen LogP contribution in [-0.2, 0) is 15.6 Å². The minimum Gasteiger partial charge on any atom is -0.315 e. The number of nitrogens with zero attached hydrogens (tertiary/aromatic N) is 2. The summed E-state index contributed by atoms with van der Waals surface area (Å²) in [6, 6.07) is 13.7. The lowest BCUT2D eigenvalue weighted by molar-refractivity contribution is 0.601. The zero-order valence-electron chi connectivity index (χ0n) is 15.2. The standard InChI is InChI=1S/C20H21ClN2O2S2/c1-13-6-7-15(8-14(13)2)10-26-20-22-18-11-27(24,25)12-19(18)23(20)17-5-3-4-16(21)9-17/h3-9,18-19H,10-12H2,1-2H3/t18-,19+/m0/s1. The average molecular weight is 421 g/mol. The molecule has 2 aliphatic rings. The number of aliphatic imine (C=N–C) groups is 1. The molecule has 0 aromatic heterocycles. The molecule has 0 radical (unpaired) electrons. The lowest BCUT2D eigenvalue weighted by Gasteiger charge is -2.26. The SMILES string of the molecule is Cc1ccc(CSC2=N[C@H]3CS(=O)(=O)C[C@H]3N2c2cccc(Cl)c2)cc1C. The van der Waals surface area contributed by atoms with Crippen molar-refractivity contribution in [2.75, 3.05) is 16.4 Å². The van der Waals surface area contributed by atoms with Gasteiger partial charge < -0.3 is 4.90 Å². The molecule has 4 nitrogen and oxygen atoms in total. The second-order valence-corrected chi connectivity index (χ2v) is 10.7. The van der Waals surface area contributed by atoms with Crippen LogP contribution in [-0.4, -0.2) is 37.2 Å². The van der Waals surface area contributed by atoms with Crippen molar-refractivity contribution in [1.29, 1.82) is 0 Å². The van der Waals surface area contributed by atoms with Crippen LogP contribution in [0.1, 0.15) is 16.7 Å². The van der Waals surface area contributed by atoms with E-state index < -0.39 is 9.84 Å². The molecule has 2 aromatic carbocycles. The number of sulfone groups is 1. The molecule has 0 unspecified atom stereocenters. The average Bonchev–Trinajstić information content (AvgIpc) is 3.07. The quantitative estimate of drug-likeness (QED) is 0.745. The fourth-order valence-corrected chi connectivity index (χ4v) is 6.70.